The molecular weight excluding hydrogens is 320 g/mol. The zero-order valence-electron chi connectivity index (χ0n) is 17.5. The molecule has 2 nitrogen and oxygen atoms in total. The molecule has 0 unspecified atom stereocenters. The molecule has 0 spiro atoms. The molecule has 26 heavy (non-hydrogen) atoms. The lowest BCUT2D eigenvalue weighted by Crippen LogP contribution is -2.04. The summed E-state index contributed by atoms with van der Waals surface area (Å²) in [6.45, 7) is 9.30. The third kappa shape index (κ3) is 7.60. The van der Waals surface area contributed by atoms with Crippen LogP contribution < -0.4 is 0 Å². The van der Waals surface area contributed by atoms with Crippen LogP contribution in [0.3, 0.4) is 0 Å². The van der Waals surface area contributed by atoms with Crippen LogP contribution in [0, 0.1) is 10.8 Å². The molecule has 0 aliphatic heterocycles. The van der Waals surface area contributed by atoms with E-state index in [-0.39, 0.29) is 11.5 Å². The first kappa shape index (κ1) is 21.1. The van der Waals surface area contributed by atoms with Gasteiger partial charge < -0.3 is 10.2 Å². The minimum atomic E-state index is 0.0279. The van der Waals surface area contributed by atoms with Crippen molar-refractivity contribution in [2.24, 2.45) is 10.8 Å². The van der Waals surface area contributed by atoms with Gasteiger partial charge in [0.05, 0.1) is 0 Å². The van der Waals surface area contributed by atoms with Crippen molar-refractivity contribution >= 4 is 0 Å². The van der Waals surface area contributed by atoms with Gasteiger partial charge in [-0.05, 0) is 85.5 Å². The van der Waals surface area contributed by atoms with Gasteiger partial charge in [-0.2, -0.15) is 0 Å². The van der Waals surface area contributed by atoms with Crippen molar-refractivity contribution in [3.63, 3.8) is 0 Å². The van der Waals surface area contributed by atoms with Gasteiger partial charge in [0, 0.05) is 0 Å². The van der Waals surface area contributed by atoms with Gasteiger partial charge in [-0.3, -0.25) is 0 Å². The Bertz CT molecular complexity index is 524. The average molecular weight is 361 g/mol. The minimum absolute atomic E-state index is 0.0279. The van der Waals surface area contributed by atoms with Crippen LogP contribution in [-0.4, -0.2) is 10.2 Å². The van der Waals surface area contributed by atoms with Crippen LogP contribution in [0.25, 0.3) is 0 Å². The number of rotatable bonds is 11. The molecule has 0 heterocycles. The van der Waals surface area contributed by atoms with Crippen LogP contribution >= 0.6 is 0 Å². The van der Waals surface area contributed by atoms with E-state index < -0.39 is 0 Å². The van der Waals surface area contributed by atoms with Gasteiger partial charge in [0.15, 0.2) is 11.5 Å². The van der Waals surface area contributed by atoms with E-state index in [0.29, 0.717) is 10.8 Å². The molecule has 0 radical (unpaired) electrons. The van der Waals surface area contributed by atoms with E-state index in [2.05, 4.69) is 27.7 Å². The number of hydrogen-bond donors (Lipinski definition) is 2. The number of phenolic OH excluding ortho intramolecular Hbond substituents is 2. The molecule has 2 rings (SSSR count). The fourth-order valence-electron chi connectivity index (χ4n) is 3.78. The maximum Gasteiger partial charge on any atom is 0.157 e. The van der Waals surface area contributed by atoms with Crippen molar-refractivity contribution in [1.82, 2.24) is 0 Å². The zero-order chi connectivity index (χ0) is 19.2. The minimum Gasteiger partial charge on any atom is -0.504 e. The molecule has 0 atom stereocenters. The van der Waals surface area contributed by atoms with Gasteiger partial charge >= 0.3 is 0 Å². The van der Waals surface area contributed by atoms with Gasteiger partial charge in [0.1, 0.15) is 0 Å². The Hall–Kier alpha value is -1.18. The lowest BCUT2D eigenvalue weighted by atomic mass is 9.89. The quantitative estimate of drug-likeness (QED) is 0.325. The van der Waals surface area contributed by atoms with E-state index >= 15 is 0 Å². The molecule has 0 aromatic heterocycles. The summed E-state index contributed by atoms with van der Waals surface area (Å²) in [5.74, 6) is 0.0575. The maximum absolute atomic E-state index is 9.89. The monoisotopic (exact) mass is 360 g/mol. The highest BCUT2D eigenvalue weighted by molar-refractivity contribution is 5.45. The zero-order valence-corrected chi connectivity index (χ0v) is 17.5. The Morgan fingerprint density at radius 3 is 1.77 bits per heavy atom. The van der Waals surface area contributed by atoms with Crippen molar-refractivity contribution in [3.05, 3.63) is 23.3 Å². The first-order valence-electron chi connectivity index (χ1n) is 10.7. The number of unbranched alkanes of at least 4 members (excludes halogenated alkanes) is 4. The average Bonchev–Trinajstić information content (AvgIpc) is 3.27. The SMILES string of the molecule is CC(C)(C)CCCCCc1cc(O)c(O)cc1CCCCCC1(C)CC1. The molecule has 148 valence electrons. The fraction of sp³-hybridized carbons (Fsp3) is 0.750. The molecule has 1 saturated carbocycles. The van der Waals surface area contributed by atoms with Crippen molar-refractivity contribution in [3.8, 4) is 11.5 Å². The second-order valence-corrected chi connectivity index (χ2v) is 10.1. The Labute approximate surface area is 161 Å². The van der Waals surface area contributed by atoms with Gasteiger partial charge in [-0.25, -0.2) is 0 Å². The van der Waals surface area contributed by atoms with E-state index in [0.717, 1.165) is 19.3 Å². The molecule has 0 bridgehead atoms. The number of hydrogen-bond acceptors (Lipinski definition) is 2. The van der Waals surface area contributed by atoms with Crippen LogP contribution in [-0.2, 0) is 12.8 Å². The second-order valence-electron chi connectivity index (χ2n) is 10.1. The lowest BCUT2D eigenvalue weighted by Gasteiger charge is -2.17. The summed E-state index contributed by atoms with van der Waals surface area (Å²) in [4.78, 5) is 0. The first-order valence-corrected chi connectivity index (χ1v) is 10.7. The molecular formula is C24H40O2. The van der Waals surface area contributed by atoms with Crippen LogP contribution in [0.4, 0.5) is 0 Å². The predicted octanol–water partition coefficient (Wildman–Crippen LogP) is 7.15. The second kappa shape index (κ2) is 9.15. The van der Waals surface area contributed by atoms with Crippen molar-refractivity contribution in [2.75, 3.05) is 0 Å². The van der Waals surface area contributed by atoms with E-state index in [1.807, 2.05) is 0 Å². The van der Waals surface area contributed by atoms with Crippen molar-refractivity contribution < 1.29 is 10.2 Å². The molecule has 1 aromatic carbocycles. The summed E-state index contributed by atoms with van der Waals surface area (Å²) in [7, 11) is 0. The normalized spacial score (nSPS) is 16.0. The van der Waals surface area contributed by atoms with Gasteiger partial charge in [-0.1, -0.05) is 53.4 Å². The van der Waals surface area contributed by atoms with Crippen molar-refractivity contribution in [1.29, 1.82) is 0 Å². The van der Waals surface area contributed by atoms with Crippen molar-refractivity contribution in [2.45, 2.75) is 105 Å². The molecule has 0 amide bonds. The van der Waals surface area contributed by atoms with E-state index in [4.69, 9.17) is 0 Å². The highest BCUT2D eigenvalue weighted by Gasteiger charge is 2.35. The standard InChI is InChI=1S/C24H40O2/c1-23(2,3)13-9-5-7-11-19-17-21(25)22(26)18-20(19)12-8-6-10-14-24(4)15-16-24/h17-18,25-26H,5-16H2,1-4H3. The predicted molar refractivity (Wildman–Crippen MR) is 111 cm³/mol. The summed E-state index contributed by atoms with van der Waals surface area (Å²) in [6.07, 6.45) is 14.9. The number of benzene rings is 1. The van der Waals surface area contributed by atoms with Gasteiger partial charge in [0.25, 0.3) is 0 Å². The van der Waals surface area contributed by atoms with Crippen LogP contribution in [0.1, 0.15) is 103 Å². The summed E-state index contributed by atoms with van der Waals surface area (Å²) in [5.41, 5.74) is 3.54. The maximum atomic E-state index is 9.89. The first-order chi connectivity index (χ1) is 12.2. The Morgan fingerprint density at radius 2 is 1.31 bits per heavy atom. The Morgan fingerprint density at radius 1 is 0.808 bits per heavy atom. The Balaban J connectivity index is 1.77. The molecule has 2 N–H and O–H groups in total. The van der Waals surface area contributed by atoms with E-state index in [1.54, 1.807) is 12.1 Å². The van der Waals surface area contributed by atoms with E-state index in [9.17, 15) is 10.2 Å². The molecule has 1 aromatic rings. The lowest BCUT2D eigenvalue weighted by molar-refractivity contribution is 0.358. The van der Waals surface area contributed by atoms with Crippen LogP contribution in [0.2, 0.25) is 0 Å². The van der Waals surface area contributed by atoms with Crippen LogP contribution in [0.15, 0.2) is 12.1 Å². The molecule has 0 saturated heterocycles. The summed E-state index contributed by atoms with van der Waals surface area (Å²) in [6, 6.07) is 3.59. The summed E-state index contributed by atoms with van der Waals surface area (Å²) < 4.78 is 0. The summed E-state index contributed by atoms with van der Waals surface area (Å²) in [5, 5.41) is 19.8. The molecule has 2 heteroatoms. The Kier molecular flexibility index (Phi) is 7.43. The fourth-order valence-corrected chi connectivity index (χ4v) is 3.78. The van der Waals surface area contributed by atoms with Gasteiger partial charge in [0.2, 0.25) is 0 Å². The number of phenols is 2. The summed E-state index contributed by atoms with van der Waals surface area (Å²) >= 11 is 0. The largest absolute Gasteiger partial charge is 0.504 e. The topological polar surface area (TPSA) is 40.5 Å². The molecule has 1 aliphatic carbocycles. The molecule has 1 fully saturated rings. The van der Waals surface area contributed by atoms with Crippen LogP contribution in [0.5, 0.6) is 11.5 Å². The van der Waals surface area contributed by atoms with E-state index in [1.165, 1.54) is 68.9 Å². The van der Waals surface area contributed by atoms with Gasteiger partial charge in [-0.15, -0.1) is 0 Å². The number of aryl methyl sites for hydroxylation is 2. The smallest absolute Gasteiger partial charge is 0.157 e. The highest BCUT2D eigenvalue weighted by Crippen LogP contribution is 2.49. The highest BCUT2D eigenvalue weighted by atomic mass is 16.3. The number of aromatic hydroxyl groups is 2. The third-order valence-electron chi connectivity index (χ3n) is 6.00. The molecule has 1 aliphatic rings. The third-order valence-corrected chi connectivity index (χ3v) is 6.00.